The summed E-state index contributed by atoms with van der Waals surface area (Å²) in [6.45, 7) is 4.95. The van der Waals surface area contributed by atoms with Crippen LogP contribution >= 0.6 is 0 Å². The van der Waals surface area contributed by atoms with Crippen LogP contribution in [0.2, 0.25) is 0 Å². The van der Waals surface area contributed by atoms with Crippen LogP contribution < -0.4 is 20.3 Å². The molecule has 2 atom stereocenters. The predicted octanol–water partition coefficient (Wildman–Crippen LogP) is 0.898. The zero-order valence-electron chi connectivity index (χ0n) is 21.5. The fourth-order valence-electron chi connectivity index (χ4n) is 4.71. The number of aromatic nitrogens is 5. The van der Waals surface area contributed by atoms with Gasteiger partial charge in [-0.15, -0.1) is 5.10 Å². The lowest BCUT2D eigenvalue weighted by molar-refractivity contribution is 0.0731. The Kier molecular flexibility index (Phi) is 6.89. The van der Waals surface area contributed by atoms with Crippen molar-refractivity contribution >= 4 is 23.4 Å². The van der Waals surface area contributed by atoms with Crippen LogP contribution in [0.25, 0.3) is 17.4 Å². The molecule has 14 heteroatoms. The molecule has 0 saturated carbocycles. The molecular formula is C25H30FN9O4. The second kappa shape index (κ2) is 10.6. The number of aliphatic hydroxyl groups excluding tert-OH is 1. The lowest BCUT2D eigenvalue weighted by atomic mass is 10.2. The van der Waals surface area contributed by atoms with Gasteiger partial charge in [0, 0.05) is 52.4 Å². The zero-order valence-corrected chi connectivity index (χ0v) is 21.5. The summed E-state index contributed by atoms with van der Waals surface area (Å²) in [6.07, 6.45) is 0.377. The highest BCUT2D eigenvalue weighted by atomic mass is 19.1. The van der Waals surface area contributed by atoms with Crippen molar-refractivity contribution < 1.29 is 23.4 Å². The van der Waals surface area contributed by atoms with Gasteiger partial charge in [-0.3, -0.25) is 4.90 Å². The highest BCUT2D eigenvalue weighted by Crippen LogP contribution is 2.27. The summed E-state index contributed by atoms with van der Waals surface area (Å²) in [5.74, 6) is 1.94. The van der Waals surface area contributed by atoms with Gasteiger partial charge in [-0.05, 0) is 24.3 Å². The van der Waals surface area contributed by atoms with E-state index in [1.54, 1.807) is 30.5 Å². The average molecular weight is 540 g/mol. The monoisotopic (exact) mass is 539 g/mol. The minimum absolute atomic E-state index is 0.187. The SMILES string of the molecule is CN(CCN1CCN(c2ccc(O[C@H]3COC[C@@H]3O)cc2F)CC1)c1nc(N)n2nc(-c3ccco3)nc2n1. The first-order chi connectivity index (χ1) is 18.9. The quantitative estimate of drug-likeness (QED) is 0.328. The van der Waals surface area contributed by atoms with E-state index in [0.29, 0.717) is 61.0 Å². The molecule has 0 bridgehead atoms. The predicted molar refractivity (Wildman–Crippen MR) is 140 cm³/mol. The van der Waals surface area contributed by atoms with Gasteiger partial charge in [-0.1, -0.05) is 0 Å². The number of halogens is 1. The van der Waals surface area contributed by atoms with Crippen LogP contribution in [0.4, 0.5) is 22.0 Å². The van der Waals surface area contributed by atoms with E-state index in [1.165, 1.54) is 10.6 Å². The third kappa shape index (κ3) is 5.30. The van der Waals surface area contributed by atoms with Crippen molar-refractivity contribution in [2.75, 3.05) is 75.1 Å². The Hall–Kier alpha value is -4.01. The van der Waals surface area contributed by atoms with Gasteiger partial charge in [0.05, 0.1) is 25.2 Å². The Morgan fingerprint density at radius 1 is 1.15 bits per heavy atom. The molecule has 0 unspecified atom stereocenters. The number of furan rings is 1. The van der Waals surface area contributed by atoms with E-state index in [-0.39, 0.29) is 18.4 Å². The van der Waals surface area contributed by atoms with Crippen molar-refractivity contribution in [1.82, 2.24) is 29.5 Å². The van der Waals surface area contributed by atoms with Gasteiger partial charge < -0.3 is 34.5 Å². The molecule has 39 heavy (non-hydrogen) atoms. The summed E-state index contributed by atoms with van der Waals surface area (Å²) in [5.41, 5.74) is 6.66. The van der Waals surface area contributed by atoms with Crippen molar-refractivity contribution in [3.05, 3.63) is 42.4 Å². The number of hydrogen-bond acceptors (Lipinski definition) is 12. The largest absolute Gasteiger partial charge is 0.485 e. The number of nitrogens with zero attached hydrogens (tertiary/aromatic N) is 8. The molecule has 2 fully saturated rings. The maximum absolute atomic E-state index is 14.9. The Morgan fingerprint density at radius 3 is 2.72 bits per heavy atom. The third-order valence-electron chi connectivity index (χ3n) is 6.98. The lowest BCUT2D eigenvalue weighted by Crippen LogP contribution is -2.48. The summed E-state index contributed by atoms with van der Waals surface area (Å²) in [5, 5.41) is 14.2. The normalized spacial score (nSPS) is 20.1. The molecule has 1 aromatic carbocycles. The number of anilines is 3. The number of nitrogens with two attached hydrogens (primary N) is 1. The van der Waals surface area contributed by atoms with E-state index in [4.69, 9.17) is 19.6 Å². The molecule has 0 aliphatic carbocycles. The van der Waals surface area contributed by atoms with E-state index in [9.17, 15) is 9.50 Å². The van der Waals surface area contributed by atoms with Crippen LogP contribution in [0.15, 0.2) is 41.0 Å². The van der Waals surface area contributed by atoms with Crippen LogP contribution in [0.1, 0.15) is 0 Å². The molecule has 0 radical (unpaired) electrons. The van der Waals surface area contributed by atoms with Gasteiger partial charge in [0.25, 0.3) is 5.78 Å². The summed E-state index contributed by atoms with van der Waals surface area (Å²) in [7, 11) is 1.90. The molecule has 13 nitrogen and oxygen atoms in total. The maximum Gasteiger partial charge on any atom is 0.259 e. The molecule has 0 spiro atoms. The standard InChI is InChI=1S/C25H30FN9O4/c1-32(24-29-23(27)35-25(30-24)28-22(31-35)20-3-2-12-38-20)6-7-33-8-10-34(11-9-33)18-5-4-16(13-17(18)26)39-21-15-37-14-19(21)36/h2-5,12-13,19,21,36H,6-11,14-15H2,1H3,(H2,27,28,29,30,31)/t19-,21-/m0/s1. The smallest absolute Gasteiger partial charge is 0.259 e. The van der Waals surface area contributed by atoms with Gasteiger partial charge in [0.15, 0.2) is 5.76 Å². The molecule has 206 valence electrons. The summed E-state index contributed by atoms with van der Waals surface area (Å²) in [4.78, 5) is 19.6. The van der Waals surface area contributed by atoms with Crippen LogP contribution in [0, 0.1) is 5.82 Å². The molecule has 4 aromatic rings. The number of hydrogen-bond donors (Lipinski definition) is 2. The van der Waals surface area contributed by atoms with Gasteiger partial charge in [-0.2, -0.15) is 19.5 Å². The number of ether oxygens (including phenoxy) is 2. The Bertz CT molecular complexity index is 1420. The molecule has 5 heterocycles. The van der Waals surface area contributed by atoms with Crippen molar-refractivity contribution in [1.29, 1.82) is 0 Å². The van der Waals surface area contributed by atoms with Gasteiger partial charge in [0.2, 0.25) is 17.7 Å². The number of nitrogen functional groups attached to an aromatic ring is 1. The fourth-order valence-corrected chi connectivity index (χ4v) is 4.71. The third-order valence-corrected chi connectivity index (χ3v) is 6.98. The van der Waals surface area contributed by atoms with Gasteiger partial charge >= 0.3 is 0 Å². The van der Waals surface area contributed by atoms with Crippen molar-refractivity contribution in [2.45, 2.75) is 12.2 Å². The van der Waals surface area contributed by atoms with E-state index in [1.807, 2.05) is 16.8 Å². The minimum atomic E-state index is -0.699. The van der Waals surface area contributed by atoms with E-state index in [0.717, 1.165) is 19.6 Å². The average Bonchev–Trinajstić information content (AvgIpc) is 3.70. The summed E-state index contributed by atoms with van der Waals surface area (Å²) < 4.78 is 32.5. The van der Waals surface area contributed by atoms with Crippen LogP contribution in [0.3, 0.4) is 0 Å². The number of aliphatic hydroxyl groups is 1. The van der Waals surface area contributed by atoms with Crippen LogP contribution in [-0.2, 0) is 4.74 Å². The molecule has 3 aromatic heterocycles. The molecule has 6 rings (SSSR count). The molecule has 2 saturated heterocycles. The topological polar surface area (TPSA) is 144 Å². The number of fused-ring (bicyclic) bond motifs is 1. The second-order valence-corrected chi connectivity index (χ2v) is 9.63. The summed E-state index contributed by atoms with van der Waals surface area (Å²) in [6, 6.07) is 8.37. The minimum Gasteiger partial charge on any atom is -0.485 e. The number of benzene rings is 1. The Labute approximate surface area is 223 Å². The first-order valence-electron chi connectivity index (χ1n) is 12.8. The molecular weight excluding hydrogens is 509 g/mol. The Morgan fingerprint density at radius 2 is 2.00 bits per heavy atom. The van der Waals surface area contributed by atoms with Crippen LogP contribution in [0.5, 0.6) is 5.75 Å². The first kappa shape index (κ1) is 25.3. The fraction of sp³-hybridized carbons (Fsp3) is 0.440. The number of piperazine rings is 1. The Balaban J connectivity index is 1.02. The van der Waals surface area contributed by atoms with E-state index < -0.39 is 12.2 Å². The molecule has 3 N–H and O–H groups in total. The van der Waals surface area contributed by atoms with Gasteiger partial charge in [-0.25, -0.2) is 4.39 Å². The second-order valence-electron chi connectivity index (χ2n) is 9.63. The highest BCUT2D eigenvalue weighted by Gasteiger charge is 2.28. The molecule has 2 aliphatic rings. The molecule has 2 aliphatic heterocycles. The van der Waals surface area contributed by atoms with E-state index in [2.05, 4.69) is 25.0 Å². The zero-order chi connectivity index (χ0) is 26.9. The van der Waals surface area contributed by atoms with Gasteiger partial charge in [0.1, 0.15) is 23.8 Å². The van der Waals surface area contributed by atoms with Crippen LogP contribution in [-0.4, -0.2) is 106 Å². The highest BCUT2D eigenvalue weighted by molar-refractivity contribution is 5.53. The first-order valence-corrected chi connectivity index (χ1v) is 12.8. The number of likely N-dealkylation sites (N-methyl/N-ethyl adjacent to an activating group) is 1. The summed E-state index contributed by atoms with van der Waals surface area (Å²) >= 11 is 0. The number of rotatable bonds is 8. The van der Waals surface area contributed by atoms with Crippen molar-refractivity contribution in [3.8, 4) is 17.3 Å². The van der Waals surface area contributed by atoms with Crippen molar-refractivity contribution in [2.24, 2.45) is 0 Å². The maximum atomic E-state index is 14.9. The van der Waals surface area contributed by atoms with E-state index >= 15 is 0 Å². The lowest BCUT2D eigenvalue weighted by Gasteiger charge is -2.36. The van der Waals surface area contributed by atoms with Crippen molar-refractivity contribution in [3.63, 3.8) is 0 Å². The molecule has 0 amide bonds.